The van der Waals surface area contributed by atoms with Gasteiger partial charge in [-0.2, -0.15) is 0 Å². The summed E-state index contributed by atoms with van der Waals surface area (Å²) >= 11 is 0. The van der Waals surface area contributed by atoms with E-state index in [4.69, 9.17) is 0 Å². The van der Waals surface area contributed by atoms with Gasteiger partial charge in [0.2, 0.25) is 5.91 Å². The average Bonchev–Trinajstić information content (AvgIpc) is 3.05. The maximum atomic E-state index is 12.1. The number of nitrogens with zero attached hydrogens (tertiary/aromatic N) is 1. The van der Waals surface area contributed by atoms with Crippen LogP contribution in [0.3, 0.4) is 0 Å². The molecule has 4 aliphatic rings. The van der Waals surface area contributed by atoms with Crippen LogP contribution in [0.5, 0.6) is 0 Å². The quantitative estimate of drug-likeness (QED) is 0.543. The van der Waals surface area contributed by atoms with E-state index in [-0.39, 0.29) is 5.91 Å². The van der Waals surface area contributed by atoms with Crippen LogP contribution in [-0.4, -0.2) is 30.7 Å². The van der Waals surface area contributed by atoms with E-state index in [0.29, 0.717) is 29.0 Å². The summed E-state index contributed by atoms with van der Waals surface area (Å²) in [5, 5.41) is 0. The monoisotopic (exact) mass is 415 g/mol. The Labute approximate surface area is 184 Å². The third-order valence-electron chi connectivity index (χ3n) is 10.8. The molecule has 0 aromatic carbocycles. The number of Topliss-reactive ketones (excluding diaryl/α,β-unsaturated/α-hetero) is 1. The molecule has 3 nitrogen and oxygen atoms in total. The summed E-state index contributed by atoms with van der Waals surface area (Å²) in [6.45, 7) is 7.65. The molecule has 0 aliphatic heterocycles. The molecule has 0 radical (unpaired) electrons. The second kappa shape index (κ2) is 8.24. The molecule has 0 bridgehead atoms. The number of hydrogen-bond acceptors (Lipinski definition) is 2. The molecule has 4 fully saturated rings. The Morgan fingerprint density at radius 1 is 1.03 bits per heavy atom. The molecule has 4 aliphatic carbocycles. The smallest absolute Gasteiger partial charge is 0.222 e. The van der Waals surface area contributed by atoms with Crippen LogP contribution >= 0.6 is 0 Å². The van der Waals surface area contributed by atoms with Gasteiger partial charge in [-0.05, 0) is 104 Å². The molecular weight excluding hydrogens is 370 g/mol. The average molecular weight is 416 g/mol. The minimum atomic E-state index is 0.272. The molecule has 3 heteroatoms. The largest absolute Gasteiger partial charge is 0.349 e. The summed E-state index contributed by atoms with van der Waals surface area (Å²) in [5.74, 6) is 5.66. The van der Waals surface area contributed by atoms with E-state index in [0.717, 1.165) is 55.3 Å². The molecular formula is C27H45NO2. The first-order valence-electron chi connectivity index (χ1n) is 12.9. The fourth-order valence-corrected chi connectivity index (χ4v) is 9.02. The number of rotatable bonds is 5. The Balaban J connectivity index is 1.42. The van der Waals surface area contributed by atoms with E-state index in [1.54, 1.807) is 4.90 Å². The predicted octanol–water partition coefficient (Wildman–Crippen LogP) is 6.11. The summed E-state index contributed by atoms with van der Waals surface area (Å²) in [6.07, 6.45) is 14.1. The first-order valence-corrected chi connectivity index (χ1v) is 12.9. The highest BCUT2D eigenvalue weighted by Gasteiger charge is 2.60. The van der Waals surface area contributed by atoms with Crippen LogP contribution in [0.2, 0.25) is 0 Å². The fourth-order valence-electron chi connectivity index (χ4n) is 9.02. The van der Waals surface area contributed by atoms with E-state index in [9.17, 15) is 9.59 Å². The predicted molar refractivity (Wildman–Crippen MR) is 122 cm³/mol. The number of fused-ring (bicyclic) bond motifs is 5. The molecule has 1 amide bonds. The zero-order valence-corrected chi connectivity index (χ0v) is 20.2. The number of carbonyl (C=O) groups excluding carboxylic acids is 2. The van der Waals surface area contributed by atoms with Gasteiger partial charge in [0.15, 0.2) is 0 Å². The Morgan fingerprint density at radius 3 is 2.50 bits per heavy atom. The van der Waals surface area contributed by atoms with Gasteiger partial charge in [0.1, 0.15) is 5.78 Å². The van der Waals surface area contributed by atoms with Crippen molar-refractivity contribution in [1.82, 2.24) is 4.90 Å². The van der Waals surface area contributed by atoms with Gasteiger partial charge in [0.05, 0.1) is 0 Å². The van der Waals surface area contributed by atoms with Crippen molar-refractivity contribution in [2.24, 2.45) is 46.3 Å². The van der Waals surface area contributed by atoms with Crippen molar-refractivity contribution in [3.05, 3.63) is 0 Å². The minimum absolute atomic E-state index is 0.272. The van der Waals surface area contributed by atoms with Gasteiger partial charge < -0.3 is 4.90 Å². The van der Waals surface area contributed by atoms with Crippen LogP contribution in [0, 0.1) is 46.3 Å². The molecule has 0 saturated heterocycles. The molecule has 0 heterocycles. The number of hydrogen-bond donors (Lipinski definition) is 0. The standard InChI is InChI=1S/C27H45NO2/c1-18(7-6-8-25(30)28(4)5)22-11-12-23-21-10-9-19-17-20(29)13-15-26(19,2)24(21)14-16-27(22,23)3/h18-19,21-24H,6-17H2,1-5H3/t18-,19-,21+,22-,23+,24+,26+,27-/m1/s1. The highest BCUT2D eigenvalue weighted by molar-refractivity contribution is 5.79. The molecule has 0 unspecified atom stereocenters. The lowest BCUT2D eigenvalue weighted by atomic mass is 9.44. The lowest BCUT2D eigenvalue weighted by molar-refractivity contribution is -0.140. The normalized spacial score (nSPS) is 44.0. The maximum absolute atomic E-state index is 12.1. The fraction of sp³-hybridized carbons (Fsp3) is 0.926. The molecule has 0 spiro atoms. The third kappa shape index (κ3) is 3.66. The number of carbonyl (C=O) groups is 2. The molecule has 30 heavy (non-hydrogen) atoms. The van der Waals surface area contributed by atoms with Gasteiger partial charge in [-0.15, -0.1) is 0 Å². The van der Waals surface area contributed by atoms with E-state index in [1.165, 1.54) is 44.9 Å². The van der Waals surface area contributed by atoms with E-state index in [2.05, 4.69) is 20.8 Å². The molecule has 0 aromatic heterocycles. The first-order chi connectivity index (χ1) is 14.2. The summed E-state index contributed by atoms with van der Waals surface area (Å²) in [5.41, 5.74) is 0.925. The van der Waals surface area contributed by atoms with Crippen molar-refractivity contribution in [2.45, 2.75) is 97.8 Å². The molecule has 170 valence electrons. The minimum Gasteiger partial charge on any atom is -0.349 e. The Hall–Kier alpha value is -0.860. The lowest BCUT2D eigenvalue weighted by Crippen LogP contribution is -2.53. The highest BCUT2D eigenvalue weighted by atomic mass is 16.2. The lowest BCUT2D eigenvalue weighted by Gasteiger charge is -2.60. The van der Waals surface area contributed by atoms with Crippen LogP contribution < -0.4 is 0 Å². The van der Waals surface area contributed by atoms with Crippen LogP contribution in [-0.2, 0) is 9.59 Å². The van der Waals surface area contributed by atoms with Crippen molar-refractivity contribution in [2.75, 3.05) is 14.1 Å². The van der Waals surface area contributed by atoms with E-state index >= 15 is 0 Å². The van der Waals surface area contributed by atoms with Crippen molar-refractivity contribution < 1.29 is 9.59 Å². The van der Waals surface area contributed by atoms with Crippen LogP contribution in [0.1, 0.15) is 97.8 Å². The third-order valence-corrected chi connectivity index (χ3v) is 10.8. The van der Waals surface area contributed by atoms with Gasteiger partial charge >= 0.3 is 0 Å². The van der Waals surface area contributed by atoms with Gasteiger partial charge in [-0.1, -0.05) is 20.8 Å². The van der Waals surface area contributed by atoms with Crippen molar-refractivity contribution in [3.8, 4) is 0 Å². The first kappa shape index (κ1) is 22.3. The topological polar surface area (TPSA) is 37.4 Å². The Kier molecular flexibility index (Phi) is 6.14. The second-order valence-electron chi connectivity index (χ2n) is 12.3. The number of ketones is 1. The molecule has 8 atom stereocenters. The van der Waals surface area contributed by atoms with Crippen molar-refractivity contribution >= 4 is 11.7 Å². The highest BCUT2D eigenvalue weighted by Crippen LogP contribution is 2.68. The van der Waals surface area contributed by atoms with Crippen molar-refractivity contribution in [1.29, 1.82) is 0 Å². The Bertz CT molecular complexity index is 672. The molecule has 4 saturated carbocycles. The summed E-state index contributed by atoms with van der Waals surface area (Å²) < 4.78 is 0. The Morgan fingerprint density at radius 2 is 1.77 bits per heavy atom. The maximum Gasteiger partial charge on any atom is 0.222 e. The molecule has 0 aromatic rings. The van der Waals surface area contributed by atoms with E-state index < -0.39 is 0 Å². The van der Waals surface area contributed by atoms with Gasteiger partial charge in [-0.25, -0.2) is 0 Å². The van der Waals surface area contributed by atoms with Crippen LogP contribution in [0.15, 0.2) is 0 Å². The molecule has 4 rings (SSSR count). The zero-order valence-electron chi connectivity index (χ0n) is 20.2. The summed E-state index contributed by atoms with van der Waals surface area (Å²) in [7, 11) is 3.73. The van der Waals surface area contributed by atoms with Gasteiger partial charge in [0.25, 0.3) is 0 Å². The van der Waals surface area contributed by atoms with E-state index in [1.807, 2.05) is 14.1 Å². The summed E-state index contributed by atoms with van der Waals surface area (Å²) in [4.78, 5) is 25.8. The van der Waals surface area contributed by atoms with Gasteiger partial charge in [0, 0.05) is 33.4 Å². The second-order valence-corrected chi connectivity index (χ2v) is 12.3. The number of amides is 1. The SMILES string of the molecule is C[C@H](CCCC(=O)N(C)C)[C@H]1CC[C@H]2[C@@H]3CC[C@@H]4CC(=O)CC[C@]4(C)[C@H]3CC[C@]12C. The van der Waals surface area contributed by atoms with Crippen LogP contribution in [0.25, 0.3) is 0 Å². The zero-order chi connectivity index (χ0) is 21.7. The summed E-state index contributed by atoms with van der Waals surface area (Å²) in [6, 6.07) is 0. The van der Waals surface area contributed by atoms with Crippen LogP contribution in [0.4, 0.5) is 0 Å². The van der Waals surface area contributed by atoms with Gasteiger partial charge in [-0.3, -0.25) is 9.59 Å². The molecule has 0 N–H and O–H groups in total. The van der Waals surface area contributed by atoms with Crippen molar-refractivity contribution in [3.63, 3.8) is 0 Å².